The van der Waals surface area contributed by atoms with Gasteiger partial charge in [0.25, 0.3) is 0 Å². The van der Waals surface area contributed by atoms with Crippen LogP contribution < -0.4 is 0 Å². The lowest BCUT2D eigenvalue weighted by atomic mass is 9.86. The highest BCUT2D eigenvalue weighted by molar-refractivity contribution is 7.81. The first kappa shape index (κ1) is 7.86. The summed E-state index contributed by atoms with van der Waals surface area (Å²) in [6.07, 6.45) is 4.16. The Morgan fingerprint density at radius 2 is 2.08 bits per heavy atom. The fraction of sp³-hybridized carbons (Fsp3) is 0.500. The van der Waals surface area contributed by atoms with Gasteiger partial charge in [0.15, 0.2) is 0 Å². The number of cyclic esters (lactones) is 2. The third-order valence-electron chi connectivity index (χ3n) is 2.25. The van der Waals surface area contributed by atoms with Gasteiger partial charge in [-0.1, -0.05) is 12.2 Å². The van der Waals surface area contributed by atoms with E-state index in [1.165, 1.54) is 0 Å². The Hall–Kier alpha value is -0.770. The number of ether oxygens (including phenoxy) is 1. The molecule has 1 heterocycles. The van der Waals surface area contributed by atoms with Gasteiger partial charge in [-0.25, -0.2) is 0 Å². The number of carbonyl (C=O) groups is 2. The highest BCUT2D eigenvalue weighted by atomic mass is 32.1. The molecule has 1 aliphatic heterocycles. The third-order valence-corrected chi connectivity index (χ3v) is 2.63. The summed E-state index contributed by atoms with van der Waals surface area (Å²) in [7, 11) is 0. The molecule has 0 aromatic heterocycles. The van der Waals surface area contributed by atoms with Gasteiger partial charge in [0.1, 0.15) is 0 Å². The molecule has 0 radical (unpaired) electrons. The van der Waals surface area contributed by atoms with E-state index < -0.39 is 11.9 Å². The van der Waals surface area contributed by atoms with Gasteiger partial charge in [-0.3, -0.25) is 9.59 Å². The summed E-state index contributed by atoms with van der Waals surface area (Å²) in [6, 6.07) is 0. The highest BCUT2D eigenvalue weighted by Crippen LogP contribution is 2.33. The van der Waals surface area contributed by atoms with Gasteiger partial charge in [0.2, 0.25) is 0 Å². The molecule has 2 aliphatic rings. The van der Waals surface area contributed by atoms with Crippen LogP contribution in [0.5, 0.6) is 0 Å². The van der Waals surface area contributed by atoms with Crippen LogP contribution in [0, 0.1) is 11.8 Å². The fourth-order valence-corrected chi connectivity index (χ4v) is 1.92. The zero-order valence-electron chi connectivity index (χ0n) is 6.27. The van der Waals surface area contributed by atoms with Crippen molar-refractivity contribution in [2.24, 2.45) is 11.8 Å². The zero-order chi connectivity index (χ0) is 8.72. The van der Waals surface area contributed by atoms with Crippen molar-refractivity contribution in [3.05, 3.63) is 12.2 Å². The maximum absolute atomic E-state index is 11.1. The maximum Gasteiger partial charge on any atom is 0.321 e. The monoisotopic (exact) mass is 184 g/mol. The van der Waals surface area contributed by atoms with Gasteiger partial charge in [-0.2, -0.15) is 12.6 Å². The van der Waals surface area contributed by atoms with Crippen LogP contribution >= 0.6 is 12.6 Å². The van der Waals surface area contributed by atoms with Crippen LogP contribution in [-0.2, 0) is 14.3 Å². The number of hydrogen-bond acceptors (Lipinski definition) is 4. The van der Waals surface area contributed by atoms with Crippen LogP contribution in [0.3, 0.4) is 0 Å². The second-order valence-corrected chi connectivity index (χ2v) is 3.72. The smallest absolute Gasteiger partial charge is 0.321 e. The molecule has 1 fully saturated rings. The van der Waals surface area contributed by atoms with Crippen molar-refractivity contribution in [1.29, 1.82) is 0 Å². The predicted octanol–water partition coefficient (Wildman–Crippen LogP) is 0.560. The van der Waals surface area contributed by atoms with E-state index in [2.05, 4.69) is 17.4 Å². The van der Waals surface area contributed by atoms with Crippen LogP contribution in [0.2, 0.25) is 0 Å². The molecule has 1 saturated heterocycles. The molecule has 64 valence electrons. The van der Waals surface area contributed by atoms with Gasteiger partial charge < -0.3 is 4.74 Å². The van der Waals surface area contributed by atoms with Crippen LogP contribution in [-0.4, -0.2) is 17.2 Å². The molecule has 12 heavy (non-hydrogen) atoms. The Morgan fingerprint density at radius 1 is 1.33 bits per heavy atom. The lowest BCUT2D eigenvalue weighted by molar-refractivity contribution is -0.153. The Kier molecular flexibility index (Phi) is 1.72. The average molecular weight is 184 g/mol. The molecule has 1 aliphatic carbocycles. The second-order valence-electron chi connectivity index (χ2n) is 3.06. The van der Waals surface area contributed by atoms with Crippen LogP contribution in [0.1, 0.15) is 6.42 Å². The lowest BCUT2D eigenvalue weighted by Crippen LogP contribution is -2.23. The molecule has 0 N–H and O–H groups in total. The van der Waals surface area contributed by atoms with Gasteiger partial charge in [0, 0.05) is 5.25 Å². The van der Waals surface area contributed by atoms with E-state index in [1.54, 1.807) is 6.08 Å². The van der Waals surface area contributed by atoms with E-state index in [0.717, 1.165) is 0 Å². The molecule has 0 aromatic rings. The largest absolute Gasteiger partial charge is 0.392 e. The summed E-state index contributed by atoms with van der Waals surface area (Å²) in [4.78, 5) is 22.1. The van der Waals surface area contributed by atoms with Crippen LogP contribution in [0.25, 0.3) is 0 Å². The molecule has 0 saturated carbocycles. The van der Waals surface area contributed by atoms with Crippen molar-refractivity contribution in [3.63, 3.8) is 0 Å². The fourth-order valence-electron chi connectivity index (χ4n) is 1.60. The van der Waals surface area contributed by atoms with E-state index in [4.69, 9.17) is 0 Å². The minimum absolute atomic E-state index is 0.0738. The zero-order valence-corrected chi connectivity index (χ0v) is 7.16. The van der Waals surface area contributed by atoms with Crippen molar-refractivity contribution in [3.8, 4) is 0 Å². The second kappa shape index (κ2) is 2.62. The molecule has 0 bridgehead atoms. The van der Waals surface area contributed by atoms with Gasteiger partial charge in [-0.05, 0) is 6.42 Å². The number of esters is 2. The highest BCUT2D eigenvalue weighted by Gasteiger charge is 2.44. The Balaban J connectivity index is 2.29. The van der Waals surface area contributed by atoms with E-state index in [9.17, 15) is 9.59 Å². The summed E-state index contributed by atoms with van der Waals surface area (Å²) in [5.74, 6) is -1.44. The summed E-state index contributed by atoms with van der Waals surface area (Å²) in [6.45, 7) is 0. The topological polar surface area (TPSA) is 43.4 Å². The van der Waals surface area contributed by atoms with Gasteiger partial charge >= 0.3 is 11.9 Å². The minimum atomic E-state index is -0.415. The van der Waals surface area contributed by atoms with E-state index in [-0.39, 0.29) is 17.1 Å². The normalized spacial score (nSPS) is 39.6. The quantitative estimate of drug-likeness (QED) is 0.259. The Bertz CT molecular complexity index is 271. The molecule has 3 atom stereocenters. The van der Waals surface area contributed by atoms with Crippen molar-refractivity contribution in [2.75, 3.05) is 0 Å². The SMILES string of the molecule is O=C1OC(=O)C2CC(S)C=CC12. The maximum atomic E-state index is 11.1. The van der Waals surface area contributed by atoms with Crippen molar-refractivity contribution >= 4 is 24.6 Å². The average Bonchev–Trinajstić information content (AvgIpc) is 2.28. The first-order valence-corrected chi connectivity index (χ1v) is 4.32. The number of thiol groups is 1. The lowest BCUT2D eigenvalue weighted by Gasteiger charge is -2.17. The molecule has 4 heteroatoms. The van der Waals surface area contributed by atoms with Crippen molar-refractivity contribution in [1.82, 2.24) is 0 Å². The first-order valence-electron chi connectivity index (χ1n) is 3.80. The Morgan fingerprint density at radius 3 is 2.83 bits per heavy atom. The van der Waals surface area contributed by atoms with Gasteiger partial charge in [0.05, 0.1) is 11.8 Å². The molecule has 2 rings (SSSR count). The molecule has 3 nitrogen and oxygen atoms in total. The summed E-state index contributed by atoms with van der Waals surface area (Å²) in [5, 5.41) is 0.0738. The summed E-state index contributed by atoms with van der Waals surface area (Å²) in [5.41, 5.74) is 0. The first-order chi connectivity index (χ1) is 5.68. The van der Waals surface area contributed by atoms with Crippen LogP contribution in [0.4, 0.5) is 0 Å². The van der Waals surface area contributed by atoms with Crippen LogP contribution in [0.15, 0.2) is 12.2 Å². The molecular weight excluding hydrogens is 176 g/mol. The molecular formula is C8H8O3S. The Labute approximate surface area is 75.2 Å². The number of fused-ring (bicyclic) bond motifs is 1. The number of rotatable bonds is 0. The predicted molar refractivity (Wildman–Crippen MR) is 44.6 cm³/mol. The third kappa shape index (κ3) is 1.06. The summed E-state index contributed by atoms with van der Waals surface area (Å²) >= 11 is 4.21. The van der Waals surface area contributed by atoms with E-state index >= 15 is 0 Å². The standard InChI is InChI=1S/C8H8O3S/c9-7-5-2-1-4(12)3-6(5)8(10)11-7/h1-2,4-6,12H,3H2. The van der Waals surface area contributed by atoms with E-state index in [0.29, 0.717) is 6.42 Å². The number of carbonyl (C=O) groups excluding carboxylic acids is 2. The molecule has 0 aromatic carbocycles. The van der Waals surface area contributed by atoms with Crippen molar-refractivity contribution < 1.29 is 14.3 Å². The van der Waals surface area contributed by atoms with Gasteiger partial charge in [-0.15, -0.1) is 0 Å². The minimum Gasteiger partial charge on any atom is -0.392 e. The summed E-state index contributed by atoms with van der Waals surface area (Å²) < 4.78 is 4.49. The molecule has 0 amide bonds. The molecule has 0 spiro atoms. The van der Waals surface area contributed by atoms with E-state index in [1.807, 2.05) is 6.08 Å². The number of hydrogen-bond donors (Lipinski definition) is 1. The van der Waals surface area contributed by atoms with Crippen molar-refractivity contribution in [2.45, 2.75) is 11.7 Å². The molecule has 3 unspecified atom stereocenters.